The standard InChI is InChI=1S/C16H29N4O4S/c1-25(23,24)19-9-7-18(8-10-19)11-14(21)12-20-13-3-2-5-16(20,6-4-13)15(17)22/h2,13-14,21H,3-12H2,1H3,(H2,17,22)/t13?,14?,16-/m0/s1. The Kier molecular flexibility index (Phi) is 5.41. The van der Waals surface area contributed by atoms with Crippen molar-refractivity contribution in [2.75, 3.05) is 45.5 Å². The molecule has 3 atom stereocenters. The third kappa shape index (κ3) is 3.85. The highest BCUT2D eigenvalue weighted by Gasteiger charge is 2.52. The average Bonchev–Trinajstić information content (AvgIpc) is 2.74. The molecule has 3 fully saturated rings. The summed E-state index contributed by atoms with van der Waals surface area (Å²) in [5.41, 5.74) is 5.06. The van der Waals surface area contributed by atoms with E-state index in [-0.39, 0.29) is 11.9 Å². The van der Waals surface area contributed by atoms with Crippen molar-refractivity contribution in [1.29, 1.82) is 0 Å². The fourth-order valence-corrected chi connectivity index (χ4v) is 5.38. The van der Waals surface area contributed by atoms with Crippen LogP contribution in [-0.2, 0) is 14.8 Å². The smallest absolute Gasteiger partial charge is 0.237 e. The van der Waals surface area contributed by atoms with Gasteiger partial charge in [0.1, 0.15) is 5.54 Å². The summed E-state index contributed by atoms with van der Waals surface area (Å²) in [6, 6.07) is 0.290. The van der Waals surface area contributed by atoms with Gasteiger partial charge < -0.3 is 10.8 Å². The predicted molar refractivity (Wildman–Crippen MR) is 94.1 cm³/mol. The van der Waals surface area contributed by atoms with Crippen molar-refractivity contribution in [2.45, 2.75) is 43.4 Å². The van der Waals surface area contributed by atoms with Crippen LogP contribution in [0.25, 0.3) is 0 Å². The minimum absolute atomic E-state index is 0.290. The van der Waals surface area contributed by atoms with Crippen LogP contribution in [0.1, 0.15) is 25.7 Å². The quantitative estimate of drug-likeness (QED) is 0.594. The van der Waals surface area contributed by atoms with Crippen LogP contribution in [-0.4, -0.2) is 96.7 Å². The molecule has 3 heterocycles. The van der Waals surface area contributed by atoms with Crippen LogP contribution in [0, 0.1) is 6.42 Å². The zero-order valence-corrected chi connectivity index (χ0v) is 15.6. The van der Waals surface area contributed by atoms with E-state index in [1.165, 1.54) is 10.6 Å². The molecule has 0 aromatic heterocycles. The highest BCUT2D eigenvalue weighted by molar-refractivity contribution is 7.88. The van der Waals surface area contributed by atoms with Crippen LogP contribution in [0.3, 0.4) is 0 Å². The first-order chi connectivity index (χ1) is 11.7. The van der Waals surface area contributed by atoms with E-state index in [4.69, 9.17) is 5.73 Å². The van der Waals surface area contributed by atoms with Gasteiger partial charge in [-0.1, -0.05) is 0 Å². The Hall–Kier alpha value is -0.740. The van der Waals surface area contributed by atoms with Gasteiger partial charge in [-0.25, -0.2) is 8.42 Å². The van der Waals surface area contributed by atoms with E-state index in [9.17, 15) is 18.3 Å². The van der Waals surface area contributed by atoms with Crippen LogP contribution < -0.4 is 5.73 Å². The van der Waals surface area contributed by atoms with Gasteiger partial charge in [-0.3, -0.25) is 14.6 Å². The second-order valence-electron chi connectivity index (χ2n) is 7.59. The minimum Gasteiger partial charge on any atom is -0.390 e. The number of primary amides is 1. The molecule has 2 bridgehead atoms. The number of carbonyl (C=O) groups is 1. The minimum atomic E-state index is -3.14. The van der Waals surface area contributed by atoms with Gasteiger partial charge in [0.25, 0.3) is 0 Å². The Balaban J connectivity index is 1.55. The van der Waals surface area contributed by atoms with Gasteiger partial charge in [0.2, 0.25) is 15.9 Å². The Morgan fingerprint density at radius 2 is 2.00 bits per heavy atom. The van der Waals surface area contributed by atoms with Gasteiger partial charge in [0, 0.05) is 45.3 Å². The molecule has 3 aliphatic heterocycles. The number of hydrogen-bond donors (Lipinski definition) is 2. The highest BCUT2D eigenvalue weighted by atomic mass is 32.2. The Bertz CT molecular complexity index is 601. The first-order valence-electron chi connectivity index (χ1n) is 8.96. The monoisotopic (exact) mass is 373 g/mol. The third-order valence-corrected chi connectivity index (χ3v) is 7.24. The molecule has 0 aliphatic carbocycles. The fraction of sp³-hybridized carbons (Fsp3) is 0.875. The number of piperidine rings is 1. The summed E-state index contributed by atoms with van der Waals surface area (Å²) in [5, 5.41) is 10.6. The lowest BCUT2D eigenvalue weighted by atomic mass is 9.87. The summed E-state index contributed by atoms with van der Waals surface area (Å²) >= 11 is 0. The summed E-state index contributed by atoms with van der Waals surface area (Å²) in [4.78, 5) is 16.3. The Labute approximate surface area is 150 Å². The van der Waals surface area contributed by atoms with E-state index in [1.807, 2.05) is 0 Å². The molecule has 3 saturated heterocycles. The van der Waals surface area contributed by atoms with Crippen molar-refractivity contribution >= 4 is 15.9 Å². The number of β-amino-alcohol motifs (C(OH)–C–C–N with tert-alkyl or cyclic N) is 1. The molecule has 143 valence electrons. The van der Waals surface area contributed by atoms with Crippen molar-refractivity contribution in [3.05, 3.63) is 6.42 Å². The van der Waals surface area contributed by atoms with Crippen molar-refractivity contribution in [3.63, 3.8) is 0 Å². The van der Waals surface area contributed by atoms with Crippen LogP contribution in [0.4, 0.5) is 0 Å². The summed E-state index contributed by atoms with van der Waals surface area (Å²) in [5.74, 6) is -0.292. The molecular formula is C16H29N4O4S. The molecule has 3 N–H and O–H groups in total. The summed E-state index contributed by atoms with van der Waals surface area (Å²) < 4.78 is 24.6. The maximum Gasteiger partial charge on any atom is 0.237 e. The van der Waals surface area contributed by atoms with E-state index in [1.54, 1.807) is 0 Å². The molecule has 3 aliphatic rings. The number of nitrogens with zero attached hydrogens (tertiary/aromatic N) is 3. The maximum absolute atomic E-state index is 12.1. The van der Waals surface area contributed by atoms with E-state index >= 15 is 0 Å². The number of carbonyl (C=O) groups excluding carboxylic acids is 1. The van der Waals surface area contributed by atoms with Crippen molar-refractivity contribution < 1.29 is 18.3 Å². The first kappa shape index (κ1) is 19.0. The predicted octanol–water partition coefficient (Wildman–Crippen LogP) is -1.39. The van der Waals surface area contributed by atoms with E-state index < -0.39 is 21.7 Å². The SMILES string of the molecule is CS(=O)(=O)N1CCN(CC(O)CN2C3C[CH]C[C@@]2(C(N)=O)CC3)CC1. The van der Waals surface area contributed by atoms with Crippen LogP contribution >= 0.6 is 0 Å². The fourth-order valence-electron chi connectivity index (χ4n) is 4.55. The van der Waals surface area contributed by atoms with Gasteiger partial charge in [-0.2, -0.15) is 4.31 Å². The summed E-state index contributed by atoms with van der Waals surface area (Å²) in [6.45, 7) is 3.06. The average molecular weight is 373 g/mol. The van der Waals surface area contributed by atoms with Crippen molar-refractivity contribution in [2.24, 2.45) is 5.73 Å². The zero-order valence-electron chi connectivity index (χ0n) is 14.8. The number of rotatable bonds is 6. The summed E-state index contributed by atoms with van der Waals surface area (Å²) in [6.07, 6.45) is 6.11. The van der Waals surface area contributed by atoms with Crippen LogP contribution in [0.5, 0.6) is 0 Å². The molecule has 9 heteroatoms. The van der Waals surface area contributed by atoms with Gasteiger partial charge in [-0.15, -0.1) is 0 Å². The molecule has 1 radical (unpaired) electrons. The van der Waals surface area contributed by atoms with Crippen molar-refractivity contribution in [1.82, 2.24) is 14.1 Å². The molecule has 3 rings (SSSR count). The van der Waals surface area contributed by atoms with Gasteiger partial charge >= 0.3 is 0 Å². The number of amides is 1. The normalized spacial score (nSPS) is 33.4. The number of nitrogens with two attached hydrogens (primary N) is 1. The first-order valence-corrected chi connectivity index (χ1v) is 10.8. The van der Waals surface area contributed by atoms with Crippen LogP contribution in [0.15, 0.2) is 0 Å². The topological polar surface area (TPSA) is 107 Å². The molecule has 8 nitrogen and oxygen atoms in total. The molecule has 0 aromatic rings. The van der Waals surface area contributed by atoms with Crippen molar-refractivity contribution in [3.8, 4) is 0 Å². The summed E-state index contributed by atoms with van der Waals surface area (Å²) in [7, 11) is -3.14. The van der Waals surface area contributed by atoms with E-state index in [0.717, 1.165) is 19.3 Å². The lowest BCUT2D eigenvalue weighted by molar-refractivity contribution is -0.131. The number of aliphatic hydroxyl groups is 1. The largest absolute Gasteiger partial charge is 0.390 e. The number of hydrogen-bond acceptors (Lipinski definition) is 6. The molecule has 1 amide bonds. The van der Waals surface area contributed by atoms with Gasteiger partial charge in [0.15, 0.2) is 0 Å². The van der Waals surface area contributed by atoms with Gasteiger partial charge in [-0.05, 0) is 32.1 Å². The molecular weight excluding hydrogens is 344 g/mol. The van der Waals surface area contributed by atoms with E-state index in [0.29, 0.717) is 45.7 Å². The van der Waals surface area contributed by atoms with E-state index in [2.05, 4.69) is 16.2 Å². The maximum atomic E-state index is 12.1. The third-order valence-electron chi connectivity index (χ3n) is 5.94. The molecule has 0 aromatic carbocycles. The zero-order chi connectivity index (χ0) is 18.2. The second kappa shape index (κ2) is 7.11. The lowest BCUT2D eigenvalue weighted by Crippen LogP contribution is -2.60. The Morgan fingerprint density at radius 3 is 2.60 bits per heavy atom. The lowest BCUT2D eigenvalue weighted by Gasteiger charge is -2.44. The number of piperazine rings is 1. The Morgan fingerprint density at radius 1 is 1.32 bits per heavy atom. The number of sulfonamides is 1. The van der Waals surface area contributed by atoms with Crippen LogP contribution in [0.2, 0.25) is 0 Å². The highest BCUT2D eigenvalue weighted by Crippen LogP contribution is 2.43. The number of fused-ring (bicyclic) bond motifs is 2. The second-order valence-corrected chi connectivity index (χ2v) is 9.57. The number of aliphatic hydroxyl groups excluding tert-OH is 1. The molecule has 0 spiro atoms. The molecule has 2 unspecified atom stereocenters. The molecule has 0 saturated carbocycles. The van der Waals surface area contributed by atoms with Gasteiger partial charge in [0.05, 0.1) is 12.4 Å². The molecule has 25 heavy (non-hydrogen) atoms.